The molecule has 2 rings (SSSR count). The van der Waals surface area contributed by atoms with Gasteiger partial charge in [-0.3, -0.25) is 0 Å². The van der Waals surface area contributed by atoms with Crippen LogP contribution in [0.25, 0.3) is 0 Å². The van der Waals surface area contributed by atoms with Crippen molar-refractivity contribution in [3.63, 3.8) is 0 Å². The Hall–Kier alpha value is -2.08. The summed E-state index contributed by atoms with van der Waals surface area (Å²) in [5.41, 5.74) is 7.90. The molecule has 6 heteroatoms. The lowest BCUT2D eigenvalue weighted by Gasteiger charge is -2.14. The van der Waals surface area contributed by atoms with Crippen LogP contribution in [0.1, 0.15) is 31.5 Å². The Balaban J connectivity index is 1.99. The minimum absolute atomic E-state index is 0.0584. The first-order valence-electron chi connectivity index (χ1n) is 7.04. The van der Waals surface area contributed by atoms with Gasteiger partial charge < -0.3 is 15.8 Å². The fraction of sp³-hybridized carbons (Fsp3) is 0.375. The monoisotopic (exact) mass is 318 g/mol. The van der Waals surface area contributed by atoms with Crippen molar-refractivity contribution >= 4 is 23.0 Å². The number of anilines is 1. The Bertz CT molecular complexity index is 658. The van der Waals surface area contributed by atoms with Gasteiger partial charge in [0.15, 0.2) is 5.96 Å². The molecule has 0 aliphatic rings. The number of nitrogens with two attached hydrogens (primary N) is 1. The van der Waals surface area contributed by atoms with Crippen molar-refractivity contribution in [2.45, 2.75) is 32.7 Å². The molecule has 0 radical (unpaired) electrons. The van der Waals surface area contributed by atoms with Crippen LogP contribution < -0.4 is 15.8 Å². The van der Waals surface area contributed by atoms with Crippen LogP contribution in [0.15, 0.2) is 34.6 Å². The summed E-state index contributed by atoms with van der Waals surface area (Å²) >= 11 is 1.61. The van der Waals surface area contributed by atoms with E-state index >= 15 is 0 Å². The van der Waals surface area contributed by atoms with Gasteiger partial charge in [0.1, 0.15) is 10.8 Å². The third-order valence-corrected chi connectivity index (χ3v) is 3.88. The zero-order valence-corrected chi connectivity index (χ0v) is 14.2. The molecular weight excluding hydrogens is 296 g/mol. The molecule has 5 nitrogen and oxygen atoms in total. The van der Waals surface area contributed by atoms with E-state index in [0.29, 0.717) is 12.5 Å². The molecule has 118 valence electrons. The molecule has 0 aliphatic carbocycles. The van der Waals surface area contributed by atoms with Crippen LogP contribution in [0.3, 0.4) is 0 Å². The van der Waals surface area contributed by atoms with Crippen LogP contribution in [0, 0.1) is 0 Å². The quantitative estimate of drug-likeness (QED) is 0.669. The van der Waals surface area contributed by atoms with Gasteiger partial charge >= 0.3 is 0 Å². The summed E-state index contributed by atoms with van der Waals surface area (Å²) in [6.45, 7) is 6.92. The lowest BCUT2D eigenvalue weighted by molar-refractivity contribution is 0.415. The van der Waals surface area contributed by atoms with E-state index in [1.807, 2.05) is 24.3 Å². The Kier molecular flexibility index (Phi) is 5.03. The van der Waals surface area contributed by atoms with Crippen molar-refractivity contribution in [3.8, 4) is 5.75 Å². The number of rotatable bonds is 4. The van der Waals surface area contributed by atoms with E-state index in [9.17, 15) is 0 Å². The van der Waals surface area contributed by atoms with Crippen LogP contribution in [0.4, 0.5) is 5.69 Å². The van der Waals surface area contributed by atoms with Crippen molar-refractivity contribution in [3.05, 3.63) is 40.3 Å². The summed E-state index contributed by atoms with van der Waals surface area (Å²) in [5.74, 6) is 1.13. The highest BCUT2D eigenvalue weighted by Crippen LogP contribution is 2.24. The predicted molar refractivity (Wildman–Crippen MR) is 92.8 cm³/mol. The van der Waals surface area contributed by atoms with Crippen LogP contribution in [0.2, 0.25) is 0 Å². The van der Waals surface area contributed by atoms with Gasteiger partial charge in [-0.15, -0.1) is 11.3 Å². The summed E-state index contributed by atoms with van der Waals surface area (Å²) in [6.07, 6.45) is 0. The van der Waals surface area contributed by atoms with Gasteiger partial charge in [0.25, 0.3) is 0 Å². The molecule has 0 amide bonds. The first-order valence-corrected chi connectivity index (χ1v) is 7.92. The van der Waals surface area contributed by atoms with Crippen molar-refractivity contribution in [1.82, 2.24) is 4.98 Å². The Morgan fingerprint density at radius 2 is 2.18 bits per heavy atom. The zero-order chi connectivity index (χ0) is 16.2. The Labute approximate surface area is 135 Å². The lowest BCUT2D eigenvalue weighted by Crippen LogP contribution is -2.22. The number of ether oxygens (including phenoxy) is 1. The third kappa shape index (κ3) is 4.46. The van der Waals surface area contributed by atoms with Crippen molar-refractivity contribution in [1.29, 1.82) is 0 Å². The zero-order valence-electron chi connectivity index (χ0n) is 13.4. The van der Waals surface area contributed by atoms with E-state index in [1.165, 1.54) is 0 Å². The maximum Gasteiger partial charge on any atom is 0.193 e. The Morgan fingerprint density at radius 1 is 1.41 bits per heavy atom. The Morgan fingerprint density at radius 3 is 2.82 bits per heavy atom. The fourth-order valence-corrected chi connectivity index (χ4v) is 2.71. The number of hydrogen-bond donors (Lipinski definition) is 2. The number of nitrogens with zero attached hydrogens (tertiary/aromatic N) is 2. The molecule has 0 saturated heterocycles. The number of aromatic nitrogens is 1. The van der Waals surface area contributed by atoms with E-state index in [0.717, 1.165) is 22.1 Å². The van der Waals surface area contributed by atoms with E-state index in [1.54, 1.807) is 18.4 Å². The average molecular weight is 318 g/mol. The molecule has 22 heavy (non-hydrogen) atoms. The SMILES string of the molecule is COc1cccc(NC(N)=NCc2nc(C(C)(C)C)cs2)c1. The standard InChI is InChI=1S/C16H22N4OS/c1-16(2,3)13-10-22-14(20-13)9-18-15(17)19-11-6-5-7-12(8-11)21-4/h5-8,10H,9H2,1-4H3,(H3,17,18,19). The molecule has 1 aromatic heterocycles. The molecule has 1 heterocycles. The molecule has 0 saturated carbocycles. The minimum Gasteiger partial charge on any atom is -0.497 e. The molecule has 0 atom stereocenters. The second-order valence-electron chi connectivity index (χ2n) is 5.93. The predicted octanol–water partition coefficient (Wildman–Crippen LogP) is 3.38. The highest BCUT2D eigenvalue weighted by atomic mass is 32.1. The average Bonchev–Trinajstić information content (AvgIpc) is 2.94. The van der Waals surface area contributed by atoms with Gasteiger partial charge in [0.05, 0.1) is 19.3 Å². The minimum atomic E-state index is 0.0584. The largest absolute Gasteiger partial charge is 0.497 e. The van der Waals surface area contributed by atoms with Gasteiger partial charge in [-0.25, -0.2) is 9.98 Å². The number of guanidine groups is 1. The first kappa shape index (κ1) is 16.3. The number of thiazole rings is 1. The molecule has 1 aromatic carbocycles. The van der Waals surface area contributed by atoms with Crippen LogP contribution in [-0.2, 0) is 12.0 Å². The van der Waals surface area contributed by atoms with Crippen LogP contribution in [-0.4, -0.2) is 18.1 Å². The van der Waals surface area contributed by atoms with Gasteiger partial charge in [0, 0.05) is 22.5 Å². The summed E-state index contributed by atoms with van der Waals surface area (Å²) in [5, 5.41) is 6.09. The number of benzene rings is 1. The first-order chi connectivity index (χ1) is 10.4. The van der Waals surface area contributed by atoms with E-state index in [4.69, 9.17) is 10.5 Å². The normalized spacial score (nSPS) is 12.3. The highest BCUT2D eigenvalue weighted by molar-refractivity contribution is 7.09. The van der Waals surface area contributed by atoms with Crippen molar-refractivity contribution < 1.29 is 4.74 Å². The van der Waals surface area contributed by atoms with E-state index in [2.05, 4.69) is 41.4 Å². The molecule has 0 fully saturated rings. The second-order valence-corrected chi connectivity index (χ2v) is 6.88. The highest BCUT2D eigenvalue weighted by Gasteiger charge is 2.17. The molecule has 0 unspecified atom stereocenters. The molecule has 3 N–H and O–H groups in total. The van der Waals surface area contributed by atoms with Crippen LogP contribution in [0.5, 0.6) is 5.75 Å². The van der Waals surface area contributed by atoms with Gasteiger partial charge in [-0.1, -0.05) is 26.8 Å². The topological polar surface area (TPSA) is 72.5 Å². The smallest absolute Gasteiger partial charge is 0.193 e. The van der Waals surface area contributed by atoms with E-state index in [-0.39, 0.29) is 5.41 Å². The summed E-state index contributed by atoms with van der Waals surface area (Å²) < 4.78 is 5.17. The van der Waals surface area contributed by atoms with E-state index < -0.39 is 0 Å². The molecular formula is C16H22N4OS. The summed E-state index contributed by atoms with van der Waals surface area (Å²) in [7, 11) is 1.63. The number of nitrogens with one attached hydrogen (secondary N) is 1. The maximum atomic E-state index is 5.91. The lowest BCUT2D eigenvalue weighted by atomic mass is 9.93. The van der Waals surface area contributed by atoms with Gasteiger partial charge in [0.2, 0.25) is 0 Å². The van der Waals surface area contributed by atoms with Crippen LogP contribution >= 0.6 is 11.3 Å². The number of aliphatic imine (C=N–C) groups is 1. The molecule has 0 spiro atoms. The maximum absolute atomic E-state index is 5.91. The molecule has 0 bridgehead atoms. The fourth-order valence-electron chi connectivity index (χ4n) is 1.77. The van der Waals surface area contributed by atoms with Crippen molar-refractivity contribution in [2.75, 3.05) is 12.4 Å². The third-order valence-electron chi connectivity index (χ3n) is 3.05. The van der Waals surface area contributed by atoms with Gasteiger partial charge in [-0.2, -0.15) is 0 Å². The molecule has 2 aromatic rings. The summed E-state index contributed by atoms with van der Waals surface area (Å²) in [6, 6.07) is 7.54. The molecule has 0 aliphatic heterocycles. The second kappa shape index (κ2) is 6.79. The van der Waals surface area contributed by atoms with Gasteiger partial charge in [-0.05, 0) is 12.1 Å². The van der Waals surface area contributed by atoms with Crippen molar-refractivity contribution in [2.24, 2.45) is 10.7 Å². The number of methoxy groups -OCH3 is 1. The number of hydrogen-bond acceptors (Lipinski definition) is 4. The summed E-state index contributed by atoms with van der Waals surface area (Å²) in [4.78, 5) is 8.93.